The molecule has 1 amide bonds. The highest BCUT2D eigenvalue weighted by atomic mass is 79.9. The highest BCUT2D eigenvalue weighted by Gasteiger charge is 2.12. The van der Waals surface area contributed by atoms with Gasteiger partial charge in [0.1, 0.15) is 5.82 Å². The Morgan fingerprint density at radius 1 is 1.15 bits per heavy atom. The van der Waals surface area contributed by atoms with E-state index in [0.29, 0.717) is 22.0 Å². The molecule has 0 aliphatic carbocycles. The lowest BCUT2D eigenvalue weighted by Crippen LogP contribution is -2.17. The molecule has 132 valence electrons. The second-order valence-corrected chi connectivity index (χ2v) is 7.22. The van der Waals surface area contributed by atoms with Crippen LogP contribution in [0.2, 0.25) is 0 Å². The van der Waals surface area contributed by atoms with Crippen LogP contribution < -0.4 is 16.6 Å². The lowest BCUT2D eigenvalue weighted by atomic mass is 10.1. The highest BCUT2D eigenvalue weighted by molar-refractivity contribution is 9.10. The molecule has 0 unspecified atom stereocenters. The van der Waals surface area contributed by atoms with E-state index in [0.717, 1.165) is 16.2 Å². The van der Waals surface area contributed by atoms with E-state index in [1.165, 1.54) is 0 Å². The number of aromatic nitrogens is 2. The summed E-state index contributed by atoms with van der Waals surface area (Å²) in [5, 5.41) is 3.08. The number of carbonyl (C=O) groups is 1. The van der Waals surface area contributed by atoms with E-state index < -0.39 is 0 Å². The van der Waals surface area contributed by atoms with Crippen LogP contribution in [0.1, 0.15) is 0 Å². The topological polar surface area (TPSA) is 101 Å². The van der Waals surface area contributed by atoms with Crippen molar-refractivity contribution in [2.45, 2.75) is 5.16 Å². The summed E-state index contributed by atoms with van der Waals surface area (Å²) in [4.78, 5) is 31.2. The van der Waals surface area contributed by atoms with Crippen molar-refractivity contribution in [3.05, 3.63) is 69.4 Å². The second-order valence-electron chi connectivity index (χ2n) is 5.34. The first kappa shape index (κ1) is 18.2. The predicted molar refractivity (Wildman–Crippen MR) is 108 cm³/mol. The van der Waals surface area contributed by atoms with Crippen LogP contribution in [0.4, 0.5) is 11.5 Å². The summed E-state index contributed by atoms with van der Waals surface area (Å²) in [6.45, 7) is 0. The molecule has 1 heterocycles. The van der Waals surface area contributed by atoms with Crippen molar-refractivity contribution in [2.75, 3.05) is 16.8 Å². The Balaban J connectivity index is 1.68. The molecule has 0 fully saturated rings. The maximum atomic E-state index is 12.3. The molecular formula is C18H15BrN4O2S. The quantitative estimate of drug-likeness (QED) is 0.424. The van der Waals surface area contributed by atoms with Crippen LogP contribution in [0.15, 0.2) is 69.0 Å². The molecule has 0 aliphatic heterocycles. The van der Waals surface area contributed by atoms with Crippen molar-refractivity contribution in [2.24, 2.45) is 0 Å². The fourth-order valence-corrected chi connectivity index (χ4v) is 3.22. The number of nitrogen functional groups attached to an aromatic ring is 1. The number of aromatic amines is 1. The number of halogens is 1. The van der Waals surface area contributed by atoms with Crippen molar-refractivity contribution < 1.29 is 4.79 Å². The molecule has 4 N–H and O–H groups in total. The number of amides is 1. The number of thioether (sulfide) groups is 1. The fraction of sp³-hybridized carbons (Fsp3) is 0.0556. The van der Waals surface area contributed by atoms with E-state index in [1.54, 1.807) is 24.3 Å². The van der Waals surface area contributed by atoms with Gasteiger partial charge in [-0.25, -0.2) is 4.98 Å². The number of rotatable bonds is 5. The Labute approximate surface area is 162 Å². The predicted octanol–water partition coefficient (Wildman–Crippen LogP) is 3.51. The van der Waals surface area contributed by atoms with Crippen molar-refractivity contribution in [1.29, 1.82) is 0 Å². The van der Waals surface area contributed by atoms with E-state index in [-0.39, 0.29) is 23.0 Å². The zero-order valence-electron chi connectivity index (χ0n) is 13.5. The van der Waals surface area contributed by atoms with Crippen LogP contribution in [-0.4, -0.2) is 21.6 Å². The monoisotopic (exact) mass is 430 g/mol. The minimum atomic E-state index is -0.334. The van der Waals surface area contributed by atoms with Gasteiger partial charge in [0.25, 0.3) is 5.56 Å². The summed E-state index contributed by atoms with van der Waals surface area (Å²) < 4.78 is 0.931. The van der Waals surface area contributed by atoms with Gasteiger partial charge in [-0.05, 0) is 29.8 Å². The Kier molecular flexibility index (Phi) is 5.75. The summed E-state index contributed by atoms with van der Waals surface area (Å²) in [5.41, 5.74) is 7.33. The van der Waals surface area contributed by atoms with Gasteiger partial charge in [0, 0.05) is 10.2 Å². The summed E-state index contributed by atoms with van der Waals surface area (Å²) in [7, 11) is 0. The molecule has 3 rings (SSSR count). The summed E-state index contributed by atoms with van der Waals surface area (Å²) in [6, 6.07) is 16.3. The average Bonchev–Trinajstić information content (AvgIpc) is 2.62. The summed E-state index contributed by atoms with van der Waals surface area (Å²) in [5.74, 6) is 0.0322. The van der Waals surface area contributed by atoms with Gasteiger partial charge in [-0.1, -0.05) is 58.0 Å². The molecule has 1 aromatic heterocycles. The number of benzene rings is 2. The summed E-state index contributed by atoms with van der Waals surface area (Å²) >= 11 is 4.45. The van der Waals surface area contributed by atoms with Crippen molar-refractivity contribution in [1.82, 2.24) is 9.97 Å². The number of hydrogen-bond acceptors (Lipinski definition) is 5. The molecule has 8 heteroatoms. The molecule has 6 nitrogen and oxygen atoms in total. The lowest BCUT2D eigenvalue weighted by Gasteiger charge is -2.07. The third kappa shape index (κ3) is 4.53. The van der Waals surface area contributed by atoms with E-state index in [2.05, 4.69) is 31.2 Å². The van der Waals surface area contributed by atoms with Crippen LogP contribution in [0.5, 0.6) is 0 Å². The van der Waals surface area contributed by atoms with Gasteiger partial charge in [0.15, 0.2) is 5.16 Å². The fourth-order valence-electron chi connectivity index (χ4n) is 2.29. The third-order valence-electron chi connectivity index (χ3n) is 3.46. The van der Waals surface area contributed by atoms with Crippen molar-refractivity contribution >= 4 is 45.1 Å². The SMILES string of the molecule is Nc1nc(SCC(=O)Nc2ccc(Br)cc2)[nH]c(=O)c1-c1ccccc1. The maximum absolute atomic E-state index is 12.3. The Morgan fingerprint density at radius 3 is 2.50 bits per heavy atom. The Morgan fingerprint density at radius 2 is 1.85 bits per heavy atom. The number of anilines is 2. The number of hydrogen-bond donors (Lipinski definition) is 3. The minimum absolute atomic E-state index is 0.100. The van der Waals surface area contributed by atoms with Crippen LogP contribution >= 0.6 is 27.7 Å². The van der Waals surface area contributed by atoms with Gasteiger partial charge < -0.3 is 16.0 Å². The standard InChI is InChI=1S/C18H15BrN4O2S/c19-12-6-8-13(9-7-12)21-14(24)10-26-18-22-16(20)15(17(25)23-18)11-4-2-1-3-5-11/h1-9H,10H2,(H,21,24)(H3,20,22,23,25). The molecule has 0 saturated heterocycles. The number of nitrogens with zero attached hydrogens (tertiary/aromatic N) is 1. The van der Waals surface area contributed by atoms with E-state index in [4.69, 9.17) is 5.73 Å². The van der Waals surface area contributed by atoms with Crippen LogP contribution in [0.3, 0.4) is 0 Å². The van der Waals surface area contributed by atoms with Gasteiger partial charge in [0.2, 0.25) is 5.91 Å². The lowest BCUT2D eigenvalue weighted by molar-refractivity contribution is -0.113. The van der Waals surface area contributed by atoms with Crippen molar-refractivity contribution in [3.8, 4) is 11.1 Å². The summed E-state index contributed by atoms with van der Waals surface area (Å²) in [6.07, 6.45) is 0. The van der Waals surface area contributed by atoms with Crippen LogP contribution in [0.25, 0.3) is 11.1 Å². The number of nitrogens with two attached hydrogens (primary N) is 1. The van der Waals surface area contributed by atoms with Gasteiger partial charge in [-0.15, -0.1) is 0 Å². The first-order chi connectivity index (χ1) is 12.5. The molecule has 0 radical (unpaired) electrons. The maximum Gasteiger partial charge on any atom is 0.261 e. The smallest absolute Gasteiger partial charge is 0.261 e. The van der Waals surface area contributed by atoms with Crippen LogP contribution in [0, 0.1) is 0 Å². The van der Waals surface area contributed by atoms with Gasteiger partial charge >= 0.3 is 0 Å². The largest absolute Gasteiger partial charge is 0.383 e. The highest BCUT2D eigenvalue weighted by Crippen LogP contribution is 2.22. The van der Waals surface area contributed by atoms with Crippen LogP contribution in [-0.2, 0) is 4.79 Å². The van der Waals surface area contributed by atoms with E-state index in [9.17, 15) is 9.59 Å². The molecule has 0 bridgehead atoms. The molecule has 2 aromatic carbocycles. The zero-order valence-corrected chi connectivity index (χ0v) is 15.9. The number of carbonyl (C=O) groups excluding carboxylic acids is 1. The van der Waals surface area contributed by atoms with Crippen molar-refractivity contribution in [3.63, 3.8) is 0 Å². The Bertz CT molecular complexity index is 975. The normalized spacial score (nSPS) is 10.5. The third-order valence-corrected chi connectivity index (χ3v) is 4.86. The van der Waals surface area contributed by atoms with Gasteiger partial charge in [-0.3, -0.25) is 9.59 Å². The van der Waals surface area contributed by atoms with Gasteiger partial charge in [0.05, 0.1) is 11.3 Å². The molecule has 0 saturated carbocycles. The first-order valence-electron chi connectivity index (χ1n) is 7.66. The molecule has 0 aliphatic rings. The molecule has 3 aromatic rings. The molecular weight excluding hydrogens is 416 g/mol. The number of H-pyrrole nitrogens is 1. The Hall–Kier alpha value is -2.58. The second kappa shape index (κ2) is 8.20. The average molecular weight is 431 g/mol. The van der Waals surface area contributed by atoms with Gasteiger partial charge in [-0.2, -0.15) is 0 Å². The molecule has 26 heavy (non-hydrogen) atoms. The molecule has 0 spiro atoms. The van der Waals surface area contributed by atoms with E-state index >= 15 is 0 Å². The number of nitrogens with one attached hydrogen (secondary N) is 2. The molecule has 0 atom stereocenters. The minimum Gasteiger partial charge on any atom is -0.383 e. The first-order valence-corrected chi connectivity index (χ1v) is 9.44. The van der Waals surface area contributed by atoms with E-state index in [1.807, 2.05) is 30.3 Å². The zero-order chi connectivity index (χ0) is 18.5.